The number of aryl methyl sites for hydroxylation is 4. The highest BCUT2D eigenvalue weighted by Crippen LogP contribution is 2.51. The molecule has 0 unspecified atom stereocenters. The standard InChI is InChI=1S/C60H42N6O2/c1-5-15-39(16-6-1)65(40-17-7-2-8-18-40)43-33-61-59(62-34-43)37-27-29-45-51(31-37)67-57-49-25-14-24-48-54(49)53-47(55(45)57)23-13-26-50(53)58-56(48)46-30-28-38(32-52(46)68-58)60-63-35-44(36-64-60)66(41-19-9-3-10-20-41)42-21-11-4-12-22-42/h1-12,15-22,27-36H,13-14,23-26H2. The topological polar surface area (TPSA) is 84.3 Å². The maximum Gasteiger partial charge on any atom is 0.159 e. The number of anilines is 6. The van der Waals surface area contributed by atoms with Crippen LogP contribution in [0.4, 0.5) is 34.1 Å². The van der Waals surface area contributed by atoms with Crippen molar-refractivity contribution in [2.75, 3.05) is 9.80 Å². The summed E-state index contributed by atoms with van der Waals surface area (Å²) in [6, 6.07) is 54.3. The Labute approximate surface area is 391 Å². The van der Waals surface area contributed by atoms with Gasteiger partial charge in [0, 0.05) is 66.5 Å². The van der Waals surface area contributed by atoms with E-state index in [0.717, 1.165) is 117 Å². The lowest BCUT2D eigenvalue weighted by atomic mass is 9.77. The van der Waals surface area contributed by atoms with Gasteiger partial charge in [0.2, 0.25) is 0 Å². The SMILES string of the molecule is c1ccc(N(c2ccccc2)c2cnc(-c3ccc4c(c3)oc3c5c6c(c7c(oc8cc(-c9ncc(N(c%10ccccc%10)c%10ccccc%10)cn9)ccc87)c7c6c(c34)CCC7)CCC5)nc2)cc1. The monoisotopic (exact) mass is 878 g/mol. The summed E-state index contributed by atoms with van der Waals surface area (Å²) in [6.45, 7) is 0. The third-order valence-electron chi connectivity index (χ3n) is 14.1. The highest BCUT2D eigenvalue weighted by molar-refractivity contribution is 6.23. The molecule has 0 spiro atoms. The second-order valence-corrected chi connectivity index (χ2v) is 17.9. The van der Waals surface area contributed by atoms with Gasteiger partial charge in [0.15, 0.2) is 11.6 Å². The first kappa shape index (κ1) is 38.6. The van der Waals surface area contributed by atoms with Gasteiger partial charge in [-0.3, -0.25) is 0 Å². The van der Waals surface area contributed by atoms with E-state index in [-0.39, 0.29) is 0 Å². The third kappa shape index (κ3) is 6.07. The van der Waals surface area contributed by atoms with Crippen molar-refractivity contribution >= 4 is 88.8 Å². The van der Waals surface area contributed by atoms with E-state index in [1.54, 1.807) is 0 Å². The maximum absolute atomic E-state index is 7.03. The first-order valence-corrected chi connectivity index (χ1v) is 23.5. The number of aromatic nitrogens is 4. The number of furan rings is 2. The highest BCUT2D eigenvalue weighted by atomic mass is 16.3. The molecule has 8 aromatic carbocycles. The molecule has 4 aromatic heterocycles. The first-order valence-electron chi connectivity index (χ1n) is 23.5. The summed E-state index contributed by atoms with van der Waals surface area (Å²) in [5.74, 6) is 1.32. The van der Waals surface area contributed by atoms with Gasteiger partial charge in [-0.25, -0.2) is 19.9 Å². The lowest BCUT2D eigenvalue weighted by Gasteiger charge is -2.26. The van der Waals surface area contributed by atoms with E-state index in [1.165, 1.54) is 43.8 Å². The molecule has 0 fully saturated rings. The van der Waals surface area contributed by atoms with E-state index < -0.39 is 0 Å². The Bertz CT molecular complexity index is 3550. The Morgan fingerprint density at radius 2 is 0.676 bits per heavy atom. The molecule has 0 atom stereocenters. The molecular formula is C60H42N6O2. The lowest BCUT2D eigenvalue weighted by molar-refractivity contribution is 0.653. The second kappa shape index (κ2) is 15.5. The number of rotatable bonds is 8. The molecule has 14 rings (SSSR count). The number of fused-ring (bicyclic) bond motifs is 10. The van der Waals surface area contributed by atoms with Gasteiger partial charge in [0.1, 0.15) is 22.3 Å². The fourth-order valence-corrected chi connectivity index (χ4v) is 11.2. The molecule has 4 heterocycles. The van der Waals surface area contributed by atoms with Gasteiger partial charge in [0.05, 0.1) is 36.2 Å². The Morgan fingerprint density at radius 3 is 1.03 bits per heavy atom. The second-order valence-electron chi connectivity index (χ2n) is 17.9. The predicted molar refractivity (Wildman–Crippen MR) is 274 cm³/mol. The van der Waals surface area contributed by atoms with Crippen molar-refractivity contribution in [2.45, 2.75) is 38.5 Å². The van der Waals surface area contributed by atoms with Crippen LogP contribution in [-0.2, 0) is 25.7 Å². The summed E-state index contributed by atoms with van der Waals surface area (Å²) in [5.41, 5.74) is 17.0. The highest BCUT2D eigenvalue weighted by Gasteiger charge is 2.32. The van der Waals surface area contributed by atoms with E-state index >= 15 is 0 Å². The Kier molecular flexibility index (Phi) is 8.80. The Hall–Kier alpha value is -8.62. The molecule has 324 valence electrons. The summed E-state index contributed by atoms with van der Waals surface area (Å²) in [6.07, 6.45) is 13.7. The maximum atomic E-state index is 7.03. The van der Waals surface area contributed by atoms with Crippen LogP contribution in [0.3, 0.4) is 0 Å². The van der Waals surface area contributed by atoms with Gasteiger partial charge >= 0.3 is 0 Å². The fraction of sp³-hybridized carbons (Fsp3) is 0.100. The van der Waals surface area contributed by atoms with Crippen LogP contribution in [0.1, 0.15) is 35.1 Å². The van der Waals surface area contributed by atoms with Crippen molar-refractivity contribution in [3.8, 4) is 22.8 Å². The normalized spacial score (nSPS) is 13.2. The van der Waals surface area contributed by atoms with Gasteiger partial charge < -0.3 is 18.6 Å². The zero-order valence-electron chi connectivity index (χ0n) is 37.1. The van der Waals surface area contributed by atoms with Gasteiger partial charge in [-0.05, 0) is 133 Å². The van der Waals surface area contributed by atoms with E-state index in [1.807, 2.05) is 49.1 Å². The van der Waals surface area contributed by atoms with Crippen molar-refractivity contribution in [2.24, 2.45) is 0 Å². The van der Waals surface area contributed by atoms with Gasteiger partial charge in [0.25, 0.3) is 0 Å². The van der Waals surface area contributed by atoms with Crippen molar-refractivity contribution in [1.29, 1.82) is 0 Å². The Morgan fingerprint density at radius 1 is 0.338 bits per heavy atom. The van der Waals surface area contributed by atoms with Crippen LogP contribution in [0.5, 0.6) is 0 Å². The molecule has 0 aliphatic heterocycles. The molecule has 0 radical (unpaired) electrons. The van der Waals surface area contributed by atoms with E-state index in [4.69, 9.17) is 28.8 Å². The minimum absolute atomic E-state index is 0.659. The number of hydrogen-bond acceptors (Lipinski definition) is 8. The molecule has 68 heavy (non-hydrogen) atoms. The summed E-state index contributed by atoms with van der Waals surface area (Å²) in [5, 5.41) is 7.54. The zero-order valence-corrected chi connectivity index (χ0v) is 37.1. The van der Waals surface area contributed by atoms with Crippen molar-refractivity contribution < 1.29 is 8.83 Å². The fourth-order valence-electron chi connectivity index (χ4n) is 11.2. The average molecular weight is 879 g/mol. The third-order valence-corrected chi connectivity index (χ3v) is 14.1. The molecule has 0 bridgehead atoms. The van der Waals surface area contributed by atoms with Crippen LogP contribution >= 0.6 is 0 Å². The number of benzene rings is 8. The van der Waals surface area contributed by atoms with E-state index in [0.29, 0.717) is 11.6 Å². The summed E-state index contributed by atoms with van der Waals surface area (Å²) >= 11 is 0. The predicted octanol–water partition coefficient (Wildman–Crippen LogP) is 15.5. The zero-order chi connectivity index (χ0) is 44.7. The molecule has 0 amide bonds. The molecule has 8 heteroatoms. The van der Waals surface area contributed by atoms with Crippen molar-refractivity contribution in [3.05, 3.63) is 205 Å². The van der Waals surface area contributed by atoms with Crippen LogP contribution < -0.4 is 9.80 Å². The van der Waals surface area contributed by atoms with Crippen LogP contribution in [0.25, 0.3) is 77.4 Å². The van der Waals surface area contributed by atoms with Gasteiger partial charge in [-0.15, -0.1) is 0 Å². The largest absolute Gasteiger partial charge is 0.456 e. The number of nitrogens with zero attached hydrogens (tertiary/aromatic N) is 6. The average Bonchev–Trinajstić information content (AvgIpc) is 4.00. The summed E-state index contributed by atoms with van der Waals surface area (Å²) in [7, 11) is 0. The number of hydrogen-bond donors (Lipinski definition) is 0. The van der Waals surface area contributed by atoms with Gasteiger partial charge in [-0.1, -0.05) is 84.9 Å². The molecule has 8 nitrogen and oxygen atoms in total. The van der Waals surface area contributed by atoms with E-state index in [9.17, 15) is 0 Å². The molecule has 12 aromatic rings. The van der Waals surface area contributed by atoms with E-state index in [2.05, 4.69) is 143 Å². The number of para-hydroxylation sites is 4. The van der Waals surface area contributed by atoms with Crippen molar-refractivity contribution in [1.82, 2.24) is 19.9 Å². The van der Waals surface area contributed by atoms with Gasteiger partial charge in [-0.2, -0.15) is 0 Å². The van der Waals surface area contributed by atoms with Crippen LogP contribution in [-0.4, -0.2) is 19.9 Å². The molecule has 2 aliphatic rings. The molecular weight excluding hydrogens is 837 g/mol. The smallest absolute Gasteiger partial charge is 0.159 e. The molecule has 2 aliphatic carbocycles. The molecule has 0 N–H and O–H groups in total. The first-order chi connectivity index (χ1) is 33.7. The van der Waals surface area contributed by atoms with Crippen LogP contribution in [0.2, 0.25) is 0 Å². The lowest BCUT2D eigenvalue weighted by Crippen LogP contribution is -2.10. The summed E-state index contributed by atoms with van der Waals surface area (Å²) in [4.78, 5) is 24.1. The Balaban J connectivity index is 0.854. The van der Waals surface area contributed by atoms with Crippen LogP contribution in [0, 0.1) is 0 Å². The minimum Gasteiger partial charge on any atom is -0.456 e. The molecule has 0 saturated heterocycles. The summed E-state index contributed by atoms with van der Waals surface area (Å²) < 4.78 is 14.1. The van der Waals surface area contributed by atoms with Crippen LogP contribution in [0.15, 0.2) is 191 Å². The molecule has 0 saturated carbocycles. The quantitative estimate of drug-likeness (QED) is 0.149. The minimum atomic E-state index is 0.659. The van der Waals surface area contributed by atoms with Crippen molar-refractivity contribution in [3.63, 3.8) is 0 Å².